The minimum Gasteiger partial charge on any atom is -0.318 e. The summed E-state index contributed by atoms with van der Waals surface area (Å²) in [5.41, 5.74) is -0.117. The average molecular weight is 268 g/mol. The normalized spacial score (nSPS) is 19.3. The van der Waals surface area contributed by atoms with Gasteiger partial charge in [-0.2, -0.15) is 0 Å². The number of piperazine rings is 1. The monoisotopic (exact) mass is 268 g/mol. The third-order valence-corrected chi connectivity index (χ3v) is 2.85. The first-order chi connectivity index (χ1) is 8.90. The van der Waals surface area contributed by atoms with Gasteiger partial charge in [0.2, 0.25) is 11.8 Å². The first-order valence-corrected chi connectivity index (χ1v) is 5.50. The van der Waals surface area contributed by atoms with Crippen LogP contribution >= 0.6 is 0 Å². The average Bonchev–Trinajstić information content (AvgIpc) is 2.36. The largest absolute Gasteiger partial charge is 0.318 e. The van der Waals surface area contributed by atoms with Crippen LogP contribution < -0.4 is 5.32 Å². The van der Waals surface area contributed by atoms with E-state index in [2.05, 4.69) is 5.32 Å². The topological polar surface area (TPSA) is 66.5 Å². The molecule has 0 aromatic heterocycles. The molecule has 1 fully saturated rings. The molecule has 0 radical (unpaired) electrons. The molecule has 2 rings (SSSR count). The van der Waals surface area contributed by atoms with Crippen molar-refractivity contribution < 1.29 is 23.2 Å². The maximum absolute atomic E-state index is 13.1. The number of hydrogen-bond acceptors (Lipinski definition) is 3. The lowest BCUT2D eigenvalue weighted by molar-refractivity contribution is -0.138. The molecule has 1 heterocycles. The maximum Gasteiger partial charge on any atom is 0.255 e. The maximum atomic E-state index is 13.1. The number of imide groups is 1. The van der Waals surface area contributed by atoms with E-state index in [4.69, 9.17) is 0 Å². The van der Waals surface area contributed by atoms with Gasteiger partial charge >= 0.3 is 0 Å². The van der Waals surface area contributed by atoms with E-state index in [1.54, 1.807) is 0 Å². The quantitative estimate of drug-likeness (QED) is 0.752. The molecule has 0 saturated carbocycles. The molecule has 0 spiro atoms. The zero-order valence-corrected chi connectivity index (χ0v) is 9.94. The Hall–Kier alpha value is -2.31. The number of halogens is 2. The Morgan fingerprint density at radius 2 is 2.00 bits per heavy atom. The smallest absolute Gasteiger partial charge is 0.255 e. The van der Waals surface area contributed by atoms with Crippen LogP contribution in [0.25, 0.3) is 0 Å². The molecule has 5 nitrogen and oxygen atoms in total. The highest BCUT2D eigenvalue weighted by Gasteiger charge is 2.34. The van der Waals surface area contributed by atoms with Gasteiger partial charge < -0.3 is 4.90 Å². The fraction of sp³-hybridized carbons (Fsp3) is 0.250. The highest BCUT2D eigenvalue weighted by atomic mass is 19.2. The van der Waals surface area contributed by atoms with E-state index in [1.165, 1.54) is 6.92 Å². The SMILES string of the molecule is CC1C(=O)NC(=O)CN1C(=O)c1ccc(F)c(F)c1. The van der Waals surface area contributed by atoms with Crippen LogP contribution in [-0.4, -0.2) is 35.2 Å². The van der Waals surface area contributed by atoms with Gasteiger partial charge in [-0.25, -0.2) is 8.78 Å². The van der Waals surface area contributed by atoms with Crippen molar-refractivity contribution in [3.8, 4) is 0 Å². The summed E-state index contributed by atoms with van der Waals surface area (Å²) < 4.78 is 25.9. The molecule has 1 N–H and O–H groups in total. The van der Waals surface area contributed by atoms with Crippen molar-refractivity contribution in [2.24, 2.45) is 0 Å². The molecule has 1 atom stereocenters. The second-order valence-corrected chi connectivity index (χ2v) is 4.15. The second-order valence-electron chi connectivity index (χ2n) is 4.15. The molecule has 1 aliphatic rings. The molecule has 7 heteroatoms. The lowest BCUT2D eigenvalue weighted by atomic mass is 10.1. The molecular weight excluding hydrogens is 258 g/mol. The number of amides is 3. The summed E-state index contributed by atoms with van der Waals surface area (Å²) in [6.45, 7) is 1.14. The van der Waals surface area contributed by atoms with E-state index in [0.29, 0.717) is 0 Å². The molecule has 0 aliphatic carbocycles. The van der Waals surface area contributed by atoms with Crippen molar-refractivity contribution in [1.29, 1.82) is 0 Å². The van der Waals surface area contributed by atoms with Crippen LogP contribution in [0.2, 0.25) is 0 Å². The minimum atomic E-state index is -1.16. The van der Waals surface area contributed by atoms with Crippen LogP contribution in [-0.2, 0) is 9.59 Å². The van der Waals surface area contributed by atoms with Gasteiger partial charge in [0.25, 0.3) is 5.91 Å². The summed E-state index contributed by atoms with van der Waals surface area (Å²) in [7, 11) is 0. The van der Waals surface area contributed by atoms with Gasteiger partial charge in [0, 0.05) is 5.56 Å². The van der Waals surface area contributed by atoms with Gasteiger partial charge in [0.15, 0.2) is 11.6 Å². The van der Waals surface area contributed by atoms with E-state index in [9.17, 15) is 23.2 Å². The highest BCUT2D eigenvalue weighted by molar-refractivity contribution is 6.07. The Morgan fingerprint density at radius 3 is 2.63 bits per heavy atom. The lowest BCUT2D eigenvalue weighted by Crippen LogP contribution is -2.58. The number of rotatable bonds is 1. The summed E-state index contributed by atoms with van der Waals surface area (Å²) in [4.78, 5) is 35.7. The van der Waals surface area contributed by atoms with Crippen LogP contribution in [0.1, 0.15) is 17.3 Å². The van der Waals surface area contributed by atoms with Crippen LogP contribution in [0.5, 0.6) is 0 Å². The molecule has 100 valence electrons. The van der Waals surface area contributed by atoms with Crippen molar-refractivity contribution in [2.75, 3.05) is 6.54 Å². The fourth-order valence-corrected chi connectivity index (χ4v) is 1.76. The first-order valence-electron chi connectivity index (χ1n) is 5.50. The highest BCUT2D eigenvalue weighted by Crippen LogP contribution is 2.14. The number of hydrogen-bond donors (Lipinski definition) is 1. The Kier molecular flexibility index (Phi) is 3.28. The van der Waals surface area contributed by atoms with E-state index in [0.717, 1.165) is 23.1 Å². The molecule has 0 bridgehead atoms. The van der Waals surface area contributed by atoms with Crippen LogP contribution in [0, 0.1) is 11.6 Å². The fourth-order valence-electron chi connectivity index (χ4n) is 1.76. The van der Waals surface area contributed by atoms with Gasteiger partial charge in [0.05, 0.1) is 0 Å². The summed E-state index contributed by atoms with van der Waals surface area (Å²) >= 11 is 0. The van der Waals surface area contributed by atoms with Crippen LogP contribution in [0.15, 0.2) is 18.2 Å². The number of carbonyl (C=O) groups excluding carboxylic acids is 3. The molecule has 1 aromatic carbocycles. The molecule has 1 aromatic rings. The summed E-state index contributed by atoms with van der Waals surface area (Å²) in [6, 6.07) is 1.81. The van der Waals surface area contributed by atoms with E-state index >= 15 is 0 Å². The molecular formula is C12H10F2N2O3. The van der Waals surface area contributed by atoms with Gasteiger partial charge in [0.1, 0.15) is 12.6 Å². The van der Waals surface area contributed by atoms with E-state index in [1.807, 2.05) is 0 Å². The predicted octanol–water partition coefficient (Wildman–Crippen LogP) is 0.452. The van der Waals surface area contributed by atoms with Crippen molar-refractivity contribution in [1.82, 2.24) is 10.2 Å². The van der Waals surface area contributed by atoms with Crippen LogP contribution in [0.4, 0.5) is 8.78 Å². The van der Waals surface area contributed by atoms with Gasteiger partial charge in [-0.1, -0.05) is 0 Å². The number of benzene rings is 1. The zero-order chi connectivity index (χ0) is 14.2. The third kappa shape index (κ3) is 2.44. The Balaban J connectivity index is 2.29. The van der Waals surface area contributed by atoms with Crippen molar-refractivity contribution in [2.45, 2.75) is 13.0 Å². The van der Waals surface area contributed by atoms with Crippen LogP contribution in [0.3, 0.4) is 0 Å². The lowest BCUT2D eigenvalue weighted by Gasteiger charge is -2.31. The molecule has 19 heavy (non-hydrogen) atoms. The Morgan fingerprint density at radius 1 is 1.32 bits per heavy atom. The summed E-state index contributed by atoms with van der Waals surface area (Å²) in [6.07, 6.45) is 0. The first kappa shape index (κ1) is 13.1. The molecule has 1 unspecified atom stereocenters. The predicted molar refractivity (Wildman–Crippen MR) is 60.0 cm³/mol. The van der Waals surface area contributed by atoms with Crippen molar-refractivity contribution in [3.05, 3.63) is 35.4 Å². The number of nitrogens with zero attached hydrogens (tertiary/aromatic N) is 1. The van der Waals surface area contributed by atoms with E-state index in [-0.39, 0.29) is 12.1 Å². The van der Waals surface area contributed by atoms with Gasteiger partial charge in [-0.15, -0.1) is 0 Å². The zero-order valence-electron chi connectivity index (χ0n) is 9.94. The van der Waals surface area contributed by atoms with Crippen molar-refractivity contribution >= 4 is 17.7 Å². The van der Waals surface area contributed by atoms with Gasteiger partial charge in [-0.3, -0.25) is 19.7 Å². The Bertz CT molecular complexity index is 574. The minimum absolute atomic E-state index is 0.117. The standard InChI is InChI=1S/C12H10F2N2O3/c1-6-11(18)15-10(17)5-16(6)12(19)7-2-3-8(13)9(14)4-7/h2-4,6H,5H2,1H3,(H,15,17,18). The van der Waals surface area contributed by atoms with Crippen molar-refractivity contribution in [3.63, 3.8) is 0 Å². The third-order valence-electron chi connectivity index (χ3n) is 2.85. The molecule has 3 amide bonds. The molecule has 1 saturated heterocycles. The second kappa shape index (κ2) is 4.75. The summed E-state index contributed by atoms with van der Waals surface area (Å²) in [5.74, 6) is -4.15. The number of carbonyl (C=O) groups is 3. The summed E-state index contributed by atoms with van der Waals surface area (Å²) in [5, 5.41) is 2.08. The Labute approximate surface area is 107 Å². The number of nitrogens with one attached hydrogen (secondary N) is 1. The van der Waals surface area contributed by atoms with Gasteiger partial charge in [-0.05, 0) is 25.1 Å². The molecule has 1 aliphatic heterocycles. The van der Waals surface area contributed by atoms with E-state index < -0.39 is 35.4 Å².